The fourth-order valence-corrected chi connectivity index (χ4v) is 2.66. The first-order chi connectivity index (χ1) is 13.1. The van der Waals surface area contributed by atoms with Crippen molar-refractivity contribution < 1.29 is 18.7 Å². The van der Waals surface area contributed by atoms with Crippen LogP contribution in [0, 0.1) is 0 Å². The van der Waals surface area contributed by atoms with Gasteiger partial charge in [-0.2, -0.15) is 0 Å². The van der Waals surface area contributed by atoms with Gasteiger partial charge in [-0.3, -0.25) is 9.59 Å². The third-order valence-corrected chi connectivity index (χ3v) is 4.06. The van der Waals surface area contributed by atoms with Crippen LogP contribution in [0.4, 0.5) is 11.4 Å². The lowest BCUT2D eigenvalue weighted by Gasteiger charge is -2.09. The van der Waals surface area contributed by atoms with Crippen LogP contribution in [0.5, 0.6) is 5.75 Å². The standard InChI is InChI=1S/C20H17BrN2O4/c21-14-3-1-4-17(13-14)26-12-10-19(24)22-15-6-8-16(9-7-15)23-20(25)18-5-2-11-27-18/h1-9,11,13H,10,12H2,(H,22,24)(H,23,25). The Balaban J connectivity index is 1.44. The molecule has 0 spiro atoms. The van der Waals surface area contributed by atoms with Crippen molar-refractivity contribution in [2.24, 2.45) is 0 Å². The molecule has 0 atom stereocenters. The van der Waals surface area contributed by atoms with Crippen molar-refractivity contribution in [1.29, 1.82) is 0 Å². The minimum atomic E-state index is -0.332. The number of ether oxygens (including phenoxy) is 1. The highest BCUT2D eigenvalue weighted by molar-refractivity contribution is 9.10. The third-order valence-electron chi connectivity index (χ3n) is 3.57. The van der Waals surface area contributed by atoms with E-state index in [1.54, 1.807) is 36.4 Å². The second-order valence-corrected chi connectivity index (χ2v) is 6.53. The van der Waals surface area contributed by atoms with Gasteiger partial charge < -0.3 is 19.8 Å². The number of carbonyl (C=O) groups is 2. The summed E-state index contributed by atoms with van der Waals surface area (Å²) in [4.78, 5) is 23.9. The maximum Gasteiger partial charge on any atom is 0.291 e. The van der Waals surface area contributed by atoms with Crippen LogP contribution in [-0.2, 0) is 4.79 Å². The van der Waals surface area contributed by atoms with E-state index in [0.29, 0.717) is 17.1 Å². The fraction of sp³-hybridized carbons (Fsp3) is 0.100. The number of benzene rings is 2. The Bertz CT molecular complexity index is 908. The second kappa shape index (κ2) is 9.05. The van der Waals surface area contributed by atoms with Crippen LogP contribution in [-0.4, -0.2) is 18.4 Å². The molecule has 3 rings (SSSR count). The Kier molecular flexibility index (Phi) is 6.27. The summed E-state index contributed by atoms with van der Waals surface area (Å²) in [6.45, 7) is 0.277. The molecular formula is C20H17BrN2O4. The predicted molar refractivity (Wildman–Crippen MR) is 106 cm³/mol. The van der Waals surface area contributed by atoms with Gasteiger partial charge in [-0.15, -0.1) is 0 Å². The molecule has 0 aliphatic heterocycles. The number of furan rings is 1. The quantitative estimate of drug-likeness (QED) is 0.571. The van der Waals surface area contributed by atoms with Crippen molar-refractivity contribution in [2.45, 2.75) is 6.42 Å². The van der Waals surface area contributed by atoms with Gasteiger partial charge in [0.05, 0.1) is 19.3 Å². The summed E-state index contributed by atoms with van der Waals surface area (Å²) in [6, 6.07) is 17.5. The van der Waals surface area contributed by atoms with Crippen molar-refractivity contribution in [2.75, 3.05) is 17.2 Å². The highest BCUT2D eigenvalue weighted by Crippen LogP contribution is 2.18. The van der Waals surface area contributed by atoms with Gasteiger partial charge in [0.2, 0.25) is 5.91 Å². The summed E-state index contributed by atoms with van der Waals surface area (Å²) in [7, 11) is 0. The molecule has 2 N–H and O–H groups in total. The van der Waals surface area contributed by atoms with Gasteiger partial charge in [0.25, 0.3) is 5.91 Å². The van der Waals surface area contributed by atoms with Crippen LogP contribution in [0.15, 0.2) is 75.8 Å². The number of rotatable bonds is 7. The maximum atomic E-state index is 12.0. The van der Waals surface area contributed by atoms with Crippen LogP contribution in [0.1, 0.15) is 17.0 Å². The Labute approximate surface area is 164 Å². The molecule has 0 fully saturated rings. The first-order valence-corrected chi connectivity index (χ1v) is 9.02. The minimum Gasteiger partial charge on any atom is -0.493 e. The van der Waals surface area contributed by atoms with Gasteiger partial charge in [0, 0.05) is 15.8 Å². The lowest BCUT2D eigenvalue weighted by Crippen LogP contribution is -2.15. The smallest absolute Gasteiger partial charge is 0.291 e. The highest BCUT2D eigenvalue weighted by Gasteiger charge is 2.09. The van der Waals surface area contributed by atoms with Crippen LogP contribution in [0.25, 0.3) is 0 Å². The molecule has 2 aromatic carbocycles. The number of amides is 2. The van der Waals surface area contributed by atoms with Gasteiger partial charge in [0.1, 0.15) is 5.75 Å². The zero-order chi connectivity index (χ0) is 19.1. The molecule has 1 aromatic heterocycles. The summed E-state index contributed by atoms with van der Waals surface area (Å²) in [6.07, 6.45) is 1.66. The average molecular weight is 429 g/mol. The van der Waals surface area contributed by atoms with E-state index in [9.17, 15) is 9.59 Å². The second-order valence-electron chi connectivity index (χ2n) is 5.61. The molecule has 0 unspecified atom stereocenters. The summed E-state index contributed by atoms with van der Waals surface area (Å²) in [5.74, 6) is 0.450. The number of hydrogen-bond donors (Lipinski definition) is 2. The first kappa shape index (κ1) is 18.7. The van der Waals surface area contributed by atoms with Crippen LogP contribution >= 0.6 is 15.9 Å². The summed E-state index contributed by atoms with van der Waals surface area (Å²) in [5.41, 5.74) is 1.24. The third kappa shape index (κ3) is 5.72. The Hall–Kier alpha value is -3.06. The van der Waals surface area contributed by atoms with E-state index in [2.05, 4.69) is 26.6 Å². The molecule has 0 aliphatic carbocycles. The summed E-state index contributed by atoms with van der Waals surface area (Å²) < 4.78 is 11.5. The van der Waals surface area contributed by atoms with Crippen LogP contribution in [0.2, 0.25) is 0 Å². The van der Waals surface area contributed by atoms with Gasteiger partial charge in [-0.25, -0.2) is 0 Å². The summed E-state index contributed by atoms with van der Waals surface area (Å²) in [5, 5.41) is 5.50. The molecule has 6 nitrogen and oxygen atoms in total. The van der Waals surface area contributed by atoms with Crippen molar-refractivity contribution in [1.82, 2.24) is 0 Å². The molecular weight excluding hydrogens is 412 g/mol. The highest BCUT2D eigenvalue weighted by atomic mass is 79.9. The Morgan fingerprint density at radius 2 is 1.70 bits per heavy atom. The molecule has 0 radical (unpaired) electrons. The van der Waals surface area contributed by atoms with Gasteiger partial charge in [-0.05, 0) is 54.6 Å². The molecule has 27 heavy (non-hydrogen) atoms. The van der Waals surface area contributed by atoms with Crippen molar-refractivity contribution in [3.8, 4) is 5.75 Å². The topological polar surface area (TPSA) is 80.6 Å². The van der Waals surface area contributed by atoms with E-state index >= 15 is 0 Å². The fourth-order valence-electron chi connectivity index (χ4n) is 2.28. The van der Waals surface area contributed by atoms with E-state index in [1.807, 2.05) is 24.3 Å². The molecule has 1 heterocycles. The summed E-state index contributed by atoms with van der Waals surface area (Å²) >= 11 is 3.37. The van der Waals surface area contributed by atoms with Crippen molar-refractivity contribution in [3.05, 3.63) is 77.2 Å². The number of carbonyl (C=O) groups excluding carboxylic acids is 2. The zero-order valence-electron chi connectivity index (χ0n) is 14.3. The van der Waals surface area contributed by atoms with Crippen molar-refractivity contribution >= 4 is 39.1 Å². The lowest BCUT2D eigenvalue weighted by molar-refractivity contribution is -0.116. The molecule has 0 saturated heterocycles. The number of hydrogen-bond acceptors (Lipinski definition) is 4. The Morgan fingerprint density at radius 1 is 0.963 bits per heavy atom. The molecule has 0 saturated carbocycles. The molecule has 7 heteroatoms. The van der Waals surface area contributed by atoms with E-state index in [4.69, 9.17) is 9.15 Å². The van der Waals surface area contributed by atoms with Crippen LogP contribution < -0.4 is 15.4 Å². The molecule has 0 bridgehead atoms. The normalized spacial score (nSPS) is 10.3. The monoisotopic (exact) mass is 428 g/mol. The maximum absolute atomic E-state index is 12.0. The molecule has 2 amide bonds. The minimum absolute atomic E-state index is 0.155. The molecule has 0 aliphatic rings. The molecule has 3 aromatic rings. The zero-order valence-corrected chi connectivity index (χ0v) is 15.9. The first-order valence-electron chi connectivity index (χ1n) is 8.23. The Morgan fingerprint density at radius 3 is 2.37 bits per heavy atom. The van der Waals surface area contributed by atoms with E-state index in [-0.39, 0.29) is 30.6 Å². The van der Waals surface area contributed by atoms with Crippen molar-refractivity contribution in [3.63, 3.8) is 0 Å². The lowest BCUT2D eigenvalue weighted by atomic mass is 10.2. The number of halogens is 1. The average Bonchev–Trinajstić information content (AvgIpc) is 3.18. The van der Waals surface area contributed by atoms with Crippen LogP contribution in [0.3, 0.4) is 0 Å². The van der Waals surface area contributed by atoms with Gasteiger partial charge >= 0.3 is 0 Å². The van der Waals surface area contributed by atoms with E-state index in [1.165, 1.54) is 6.26 Å². The number of nitrogens with one attached hydrogen (secondary N) is 2. The van der Waals surface area contributed by atoms with Gasteiger partial charge in [0.15, 0.2) is 5.76 Å². The number of anilines is 2. The molecule has 138 valence electrons. The van der Waals surface area contributed by atoms with E-state index in [0.717, 1.165) is 4.47 Å². The largest absolute Gasteiger partial charge is 0.493 e. The van der Waals surface area contributed by atoms with Gasteiger partial charge in [-0.1, -0.05) is 22.0 Å². The SMILES string of the molecule is O=C(CCOc1cccc(Br)c1)Nc1ccc(NC(=O)c2ccco2)cc1. The van der Waals surface area contributed by atoms with E-state index < -0.39 is 0 Å². The predicted octanol–water partition coefficient (Wildman–Crippen LogP) is 4.70.